The van der Waals surface area contributed by atoms with Gasteiger partial charge in [-0.25, -0.2) is 9.59 Å². The van der Waals surface area contributed by atoms with Crippen LogP contribution in [0.2, 0.25) is 0 Å². The van der Waals surface area contributed by atoms with Crippen LogP contribution >= 0.6 is 0 Å². The van der Waals surface area contributed by atoms with E-state index >= 15 is 0 Å². The lowest BCUT2D eigenvalue weighted by molar-refractivity contribution is -0.165. The highest BCUT2D eigenvalue weighted by atomic mass is 16.6. The number of likely N-dealkylation sites (tertiary alicyclic amines) is 4. The number of carboxylic acid groups (broad SMARTS) is 2. The molecule has 420 valence electrons. The van der Waals surface area contributed by atoms with Crippen molar-refractivity contribution in [1.82, 2.24) is 29.4 Å². The molecule has 2 amide bonds. The van der Waals surface area contributed by atoms with Gasteiger partial charge in [0.25, 0.3) is 0 Å². The van der Waals surface area contributed by atoms with Crippen molar-refractivity contribution in [3.8, 4) is 0 Å². The van der Waals surface area contributed by atoms with Crippen molar-refractivity contribution in [1.29, 1.82) is 0 Å². The average molecular weight is 1060 g/mol. The second-order valence-electron chi connectivity index (χ2n) is 22.3. The molecule has 0 aromatic heterocycles. The molecule has 0 spiro atoms. The van der Waals surface area contributed by atoms with Crippen LogP contribution in [-0.4, -0.2) is 193 Å². The molecule has 6 heterocycles. The summed E-state index contributed by atoms with van der Waals surface area (Å²) in [6, 6.07) is 21.3. The van der Waals surface area contributed by atoms with Gasteiger partial charge in [-0.2, -0.15) is 0 Å². The summed E-state index contributed by atoms with van der Waals surface area (Å²) >= 11 is 0. The Hall–Kier alpha value is -5.30. The van der Waals surface area contributed by atoms with Gasteiger partial charge in [0.05, 0.1) is 50.0 Å². The number of hydrogen-bond donors (Lipinski definition) is 2. The third-order valence-electron chi connectivity index (χ3n) is 16.9. The number of amides is 2. The van der Waals surface area contributed by atoms with E-state index in [4.69, 9.17) is 24.1 Å². The van der Waals surface area contributed by atoms with E-state index in [1.54, 1.807) is 18.7 Å². The molecule has 6 saturated heterocycles. The molecule has 0 radical (unpaired) electrons. The Balaban J connectivity index is 0.000000222. The zero-order valence-electron chi connectivity index (χ0n) is 45.4. The molecule has 18 nitrogen and oxygen atoms in total. The summed E-state index contributed by atoms with van der Waals surface area (Å²) in [6.45, 7) is 16.8. The standard InChI is InChI=1S/C31H47N3O6.C27H39N3O6/c1-3-38-28(35)21-31(29(36)39-4-2)14-19-33(20-15-31)23-27-24-34(30(37)40-27)16-8-11-25-12-17-32(18-13-25)22-26-9-6-5-7-10-26;31-24(32)17-27(25(33)34)10-15-29(16-11-27)19-23-20-30(26(35)36-23)12-4-7-21-8-13-28(14-9-21)18-22-5-2-1-3-6-22/h5-7,9-10,25,27H,3-4,8,11-24H2,1-2H3;1-3,5-6,21,23H,4,7-20H2,(H,31,32)(H,33,34). The molecule has 0 aliphatic carbocycles. The van der Waals surface area contributed by atoms with E-state index in [0.29, 0.717) is 97.1 Å². The van der Waals surface area contributed by atoms with E-state index in [1.165, 1.54) is 36.8 Å². The lowest BCUT2D eigenvalue weighted by atomic mass is 9.75. The van der Waals surface area contributed by atoms with Crippen LogP contribution < -0.4 is 0 Å². The van der Waals surface area contributed by atoms with Crippen LogP contribution in [0.25, 0.3) is 0 Å². The Morgan fingerprint density at radius 3 is 1.38 bits per heavy atom. The Labute approximate surface area is 450 Å². The molecular formula is C58H86N6O12. The molecule has 18 heteroatoms. The first-order chi connectivity index (χ1) is 36.7. The maximum atomic E-state index is 12.8. The molecule has 2 aromatic carbocycles. The van der Waals surface area contributed by atoms with Gasteiger partial charge in [0.1, 0.15) is 12.2 Å². The quantitative estimate of drug-likeness (QED) is 0.0787. The highest BCUT2D eigenvalue weighted by Gasteiger charge is 2.47. The molecule has 2 atom stereocenters. The Kier molecular flexibility index (Phi) is 22.2. The predicted octanol–water partition coefficient (Wildman–Crippen LogP) is 7.24. The van der Waals surface area contributed by atoms with Crippen LogP contribution in [0.15, 0.2) is 60.7 Å². The number of hydrogen-bond acceptors (Lipinski definition) is 14. The second kappa shape index (κ2) is 28.9. The topological polar surface area (TPSA) is 199 Å². The molecular weight excluding hydrogens is 973 g/mol. The number of ether oxygens (including phenoxy) is 4. The molecule has 0 saturated carbocycles. The van der Waals surface area contributed by atoms with Gasteiger partial charge in [-0.3, -0.25) is 38.8 Å². The van der Waals surface area contributed by atoms with Gasteiger partial charge < -0.3 is 39.0 Å². The zero-order chi connectivity index (χ0) is 53.9. The Morgan fingerprint density at radius 2 is 0.987 bits per heavy atom. The summed E-state index contributed by atoms with van der Waals surface area (Å²) in [5.41, 5.74) is 0.708. The fourth-order valence-electron chi connectivity index (χ4n) is 12.3. The largest absolute Gasteiger partial charge is 0.481 e. The number of aliphatic carboxylic acids is 2. The molecule has 6 aliphatic heterocycles. The molecule has 2 N–H and O–H groups in total. The number of carbonyl (C=O) groups excluding carboxylic acids is 4. The van der Waals surface area contributed by atoms with E-state index in [-0.39, 0.29) is 55.8 Å². The fraction of sp³-hybridized carbons (Fsp3) is 0.690. The van der Waals surface area contributed by atoms with Crippen LogP contribution in [0.3, 0.4) is 0 Å². The maximum absolute atomic E-state index is 12.8. The van der Waals surface area contributed by atoms with Crippen molar-refractivity contribution < 1.29 is 57.9 Å². The minimum Gasteiger partial charge on any atom is -0.481 e. The number of esters is 2. The molecule has 2 unspecified atom stereocenters. The highest BCUT2D eigenvalue weighted by molar-refractivity contribution is 5.84. The lowest BCUT2D eigenvalue weighted by Gasteiger charge is -2.39. The van der Waals surface area contributed by atoms with Crippen LogP contribution in [0.4, 0.5) is 9.59 Å². The van der Waals surface area contributed by atoms with E-state index in [9.17, 15) is 33.9 Å². The minimum atomic E-state index is -1.20. The SMILES string of the molecule is CCOC(=O)CC1(C(=O)OCC)CCN(CC2CN(CCCC3CCN(Cc4ccccc4)CC3)C(=O)O2)CC1.O=C(O)CC1(C(=O)O)CCN(CC2CN(CCCC3CCN(Cc4ccccc4)CC3)C(=O)O2)CC1. The molecule has 76 heavy (non-hydrogen) atoms. The van der Waals surface area contributed by atoms with Gasteiger partial charge >= 0.3 is 36.1 Å². The normalized spacial score (nSPS) is 22.8. The molecule has 0 bridgehead atoms. The summed E-state index contributed by atoms with van der Waals surface area (Å²) in [7, 11) is 0. The molecule has 2 aromatic rings. The van der Waals surface area contributed by atoms with Gasteiger partial charge in [-0.05, 0) is 166 Å². The predicted molar refractivity (Wildman–Crippen MR) is 285 cm³/mol. The van der Waals surface area contributed by atoms with E-state index in [0.717, 1.165) is 77.4 Å². The smallest absolute Gasteiger partial charge is 0.410 e. The maximum Gasteiger partial charge on any atom is 0.410 e. The lowest BCUT2D eigenvalue weighted by Crippen LogP contribution is -2.48. The highest BCUT2D eigenvalue weighted by Crippen LogP contribution is 2.38. The fourth-order valence-corrected chi connectivity index (χ4v) is 12.3. The van der Waals surface area contributed by atoms with E-state index < -0.39 is 22.8 Å². The molecule has 6 fully saturated rings. The number of benzene rings is 2. The third kappa shape index (κ3) is 17.4. The van der Waals surface area contributed by atoms with Gasteiger partial charge in [0.15, 0.2) is 0 Å². The van der Waals surface area contributed by atoms with Crippen LogP contribution in [0, 0.1) is 22.7 Å². The van der Waals surface area contributed by atoms with Crippen molar-refractivity contribution in [2.24, 2.45) is 22.7 Å². The monoisotopic (exact) mass is 1060 g/mol. The number of carboxylic acids is 2. The first-order valence-corrected chi connectivity index (χ1v) is 28.4. The number of rotatable bonds is 24. The third-order valence-corrected chi connectivity index (χ3v) is 16.9. The van der Waals surface area contributed by atoms with Gasteiger partial charge in [0.2, 0.25) is 0 Å². The summed E-state index contributed by atoms with van der Waals surface area (Å²) in [5.74, 6) is -1.36. The van der Waals surface area contributed by atoms with Crippen LogP contribution in [-0.2, 0) is 51.2 Å². The van der Waals surface area contributed by atoms with E-state index in [2.05, 4.69) is 80.3 Å². The number of carbonyl (C=O) groups is 6. The molecule has 8 rings (SSSR count). The average Bonchev–Trinajstić information content (AvgIpc) is 3.95. The van der Waals surface area contributed by atoms with Gasteiger partial charge in [-0.1, -0.05) is 60.7 Å². The number of piperidine rings is 4. The van der Waals surface area contributed by atoms with Crippen molar-refractivity contribution >= 4 is 36.1 Å². The summed E-state index contributed by atoms with van der Waals surface area (Å²) in [6.07, 6.45) is 9.56. The van der Waals surface area contributed by atoms with Crippen molar-refractivity contribution in [3.63, 3.8) is 0 Å². The first-order valence-electron chi connectivity index (χ1n) is 28.4. The zero-order valence-corrected chi connectivity index (χ0v) is 45.4. The van der Waals surface area contributed by atoms with Gasteiger partial charge in [-0.15, -0.1) is 0 Å². The Bertz CT molecular complexity index is 2150. The number of nitrogens with zero attached hydrogens (tertiary/aromatic N) is 6. The molecule has 6 aliphatic rings. The minimum absolute atomic E-state index is 0.0474. The van der Waals surface area contributed by atoms with E-state index in [1.807, 2.05) is 4.90 Å². The number of cyclic esters (lactones) is 2. The second-order valence-corrected chi connectivity index (χ2v) is 22.3. The van der Waals surface area contributed by atoms with Crippen LogP contribution in [0.1, 0.15) is 115 Å². The Morgan fingerprint density at radius 1 is 0.566 bits per heavy atom. The van der Waals surface area contributed by atoms with Crippen molar-refractivity contribution in [3.05, 3.63) is 71.8 Å². The van der Waals surface area contributed by atoms with Crippen LogP contribution in [0.5, 0.6) is 0 Å². The summed E-state index contributed by atoms with van der Waals surface area (Å²) in [5, 5.41) is 18.7. The summed E-state index contributed by atoms with van der Waals surface area (Å²) in [4.78, 5) is 85.8. The van der Waals surface area contributed by atoms with Crippen molar-refractivity contribution in [2.45, 2.75) is 129 Å². The summed E-state index contributed by atoms with van der Waals surface area (Å²) < 4.78 is 21.7. The van der Waals surface area contributed by atoms with Gasteiger partial charge in [0, 0.05) is 39.3 Å². The van der Waals surface area contributed by atoms with Crippen molar-refractivity contribution in [2.75, 3.05) is 105 Å². The first kappa shape index (κ1) is 58.4.